The van der Waals surface area contributed by atoms with Crippen molar-refractivity contribution in [1.29, 1.82) is 0 Å². The predicted octanol–water partition coefficient (Wildman–Crippen LogP) is 11.9. The van der Waals surface area contributed by atoms with Crippen LogP contribution in [0.1, 0.15) is 89.0 Å². The van der Waals surface area contributed by atoms with Crippen molar-refractivity contribution in [1.82, 2.24) is 0 Å². The number of benzene rings is 6. The summed E-state index contributed by atoms with van der Waals surface area (Å²) in [6.45, 7) is 16.0. The molecule has 0 heterocycles. The van der Waals surface area contributed by atoms with Gasteiger partial charge in [0.15, 0.2) is 0 Å². The highest BCUT2D eigenvalue weighted by Crippen LogP contribution is 2.18. The van der Waals surface area contributed by atoms with Gasteiger partial charge in [0.05, 0.1) is 11.1 Å². The van der Waals surface area contributed by atoms with Crippen LogP contribution in [-0.2, 0) is 0 Å². The van der Waals surface area contributed by atoms with Gasteiger partial charge in [0.2, 0.25) is 0 Å². The summed E-state index contributed by atoms with van der Waals surface area (Å²) in [5.41, 5.74) is 14.0. The molecule has 0 saturated carbocycles. The minimum absolute atomic E-state index is 0.209. The molecule has 0 atom stereocenters. The molecule has 0 spiro atoms. The van der Waals surface area contributed by atoms with Gasteiger partial charge in [0, 0.05) is 33.4 Å². The van der Waals surface area contributed by atoms with Crippen LogP contribution in [0.25, 0.3) is 0 Å². The third-order valence-electron chi connectivity index (χ3n) is 8.78. The van der Waals surface area contributed by atoms with Crippen LogP contribution in [0.2, 0.25) is 0 Å². The molecule has 0 amide bonds. The van der Waals surface area contributed by atoms with Crippen molar-refractivity contribution >= 4 is 0 Å². The fraction of sp³-hybridized carbons (Fsp3) is 0.154. The van der Waals surface area contributed by atoms with E-state index in [9.17, 15) is 13.2 Å². The molecule has 0 fully saturated rings. The van der Waals surface area contributed by atoms with E-state index in [1.807, 2.05) is 63.2 Å². The van der Waals surface area contributed by atoms with Gasteiger partial charge in [0.1, 0.15) is 17.5 Å². The standard InChI is InChI=1S/C26H20F2.C26H21F/c1-17-13-19(3)23(20(4)14-17)11-9-21-5-7-22(8-6-21)10-12-24-25(27)15-18(2)16-26(24)28;1-18-5-7-22(8-6-18)9-10-23-11-12-24(26(27)17-23)13-14-25-20(3)15-19(2)16-21(25)4/h5-8,13-16H,1-4H3;5-8,11-12,15-17H,1-4H3. The van der Waals surface area contributed by atoms with E-state index in [0.717, 1.165) is 44.5 Å². The Kier molecular flexibility index (Phi) is 12.9. The second-order valence-electron chi connectivity index (χ2n) is 13.8. The number of aryl methyl sites for hydroxylation is 8. The predicted molar refractivity (Wildman–Crippen MR) is 220 cm³/mol. The van der Waals surface area contributed by atoms with E-state index in [-0.39, 0.29) is 11.4 Å². The molecule has 6 aromatic rings. The Labute approximate surface area is 324 Å². The summed E-state index contributed by atoms with van der Waals surface area (Å²) in [6.07, 6.45) is 0. The molecule has 0 unspecified atom stereocenters. The summed E-state index contributed by atoms with van der Waals surface area (Å²) in [6, 6.07) is 31.2. The highest BCUT2D eigenvalue weighted by atomic mass is 19.1. The van der Waals surface area contributed by atoms with E-state index in [1.165, 1.54) is 34.9 Å². The van der Waals surface area contributed by atoms with Crippen LogP contribution in [0.4, 0.5) is 13.2 Å². The maximum absolute atomic E-state index is 14.4. The van der Waals surface area contributed by atoms with Crippen LogP contribution in [0.5, 0.6) is 0 Å². The zero-order chi connectivity index (χ0) is 39.6. The first-order chi connectivity index (χ1) is 26.2. The van der Waals surface area contributed by atoms with Crippen molar-refractivity contribution in [2.45, 2.75) is 55.4 Å². The Balaban J connectivity index is 0.000000211. The second kappa shape index (κ2) is 17.9. The minimum Gasteiger partial charge on any atom is -0.206 e. The summed E-state index contributed by atoms with van der Waals surface area (Å²) in [5.74, 6) is 22.3. The summed E-state index contributed by atoms with van der Waals surface area (Å²) >= 11 is 0. The summed E-state index contributed by atoms with van der Waals surface area (Å²) in [5, 5.41) is 0. The lowest BCUT2D eigenvalue weighted by atomic mass is 10.00. The zero-order valence-corrected chi connectivity index (χ0v) is 32.4. The Morgan fingerprint density at radius 1 is 0.291 bits per heavy atom. The monoisotopic (exact) mass is 722 g/mol. The molecule has 0 aliphatic rings. The van der Waals surface area contributed by atoms with E-state index in [1.54, 1.807) is 25.1 Å². The largest absolute Gasteiger partial charge is 0.206 e. The van der Waals surface area contributed by atoms with E-state index in [4.69, 9.17) is 0 Å². The van der Waals surface area contributed by atoms with Crippen LogP contribution < -0.4 is 0 Å². The fourth-order valence-corrected chi connectivity index (χ4v) is 6.09. The maximum Gasteiger partial charge on any atom is 0.142 e. The first kappa shape index (κ1) is 39.6. The lowest BCUT2D eigenvalue weighted by Crippen LogP contribution is -1.91. The lowest BCUT2D eigenvalue weighted by molar-refractivity contribution is 0.575. The van der Waals surface area contributed by atoms with Gasteiger partial charge in [-0.2, -0.15) is 0 Å². The number of hydrogen-bond donors (Lipinski definition) is 0. The molecule has 0 radical (unpaired) electrons. The molecule has 0 bridgehead atoms. The fourth-order valence-electron chi connectivity index (χ4n) is 6.09. The van der Waals surface area contributed by atoms with Crippen molar-refractivity contribution in [2.24, 2.45) is 0 Å². The van der Waals surface area contributed by atoms with Crippen LogP contribution in [0, 0.1) is 120 Å². The number of hydrogen-bond acceptors (Lipinski definition) is 0. The second-order valence-corrected chi connectivity index (χ2v) is 13.8. The molecular weight excluding hydrogens is 682 g/mol. The van der Waals surface area contributed by atoms with Crippen LogP contribution in [0.3, 0.4) is 0 Å². The first-order valence-corrected chi connectivity index (χ1v) is 17.9. The molecule has 6 rings (SSSR count). The Bertz CT molecular complexity index is 2480. The Morgan fingerprint density at radius 3 is 1.09 bits per heavy atom. The molecule has 0 N–H and O–H groups in total. The van der Waals surface area contributed by atoms with E-state index in [2.05, 4.69) is 99.3 Å². The molecule has 6 aromatic carbocycles. The summed E-state index contributed by atoms with van der Waals surface area (Å²) < 4.78 is 42.2. The average molecular weight is 723 g/mol. The molecule has 0 aliphatic carbocycles. The van der Waals surface area contributed by atoms with Crippen molar-refractivity contribution < 1.29 is 13.2 Å². The SMILES string of the molecule is Cc1cc(C)c(C#Cc2ccc(C#Cc3c(F)cc(C)cc3F)cc2)c(C)c1.Cc1ccc(C#Cc2ccc(C#Cc3c(C)cc(C)cc3C)c(F)c2)cc1. The molecule has 0 aliphatic heterocycles. The van der Waals surface area contributed by atoms with E-state index in [0.29, 0.717) is 22.3 Å². The van der Waals surface area contributed by atoms with Crippen LogP contribution in [-0.4, -0.2) is 0 Å². The summed E-state index contributed by atoms with van der Waals surface area (Å²) in [7, 11) is 0. The van der Waals surface area contributed by atoms with Crippen molar-refractivity contribution in [3.8, 4) is 47.4 Å². The third-order valence-corrected chi connectivity index (χ3v) is 8.78. The number of rotatable bonds is 0. The van der Waals surface area contributed by atoms with E-state index >= 15 is 0 Å². The molecule has 3 heteroatoms. The van der Waals surface area contributed by atoms with Gasteiger partial charge in [-0.1, -0.05) is 100 Å². The number of halogens is 3. The quantitative estimate of drug-likeness (QED) is 0.137. The Morgan fingerprint density at radius 2 is 0.636 bits per heavy atom. The lowest BCUT2D eigenvalue weighted by Gasteiger charge is -2.04. The highest BCUT2D eigenvalue weighted by molar-refractivity contribution is 5.54. The van der Waals surface area contributed by atoms with Gasteiger partial charge < -0.3 is 0 Å². The molecule has 55 heavy (non-hydrogen) atoms. The normalized spacial score (nSPS) is 9.87. The zero-order valence-electron chi connectivity index (χ0n) is 32.4. The first-order valence-electron chi connectivity index (χ1n) is 17.9. The van der Waals surface area contributed by atoms with Gasteiger partial charge in [0.25, 0.3) is 0 Å². The average Bonchev–Trinajstić information content (AvgIpc) is 3.11. The molecule has 0 saturated heterocycles. The summed E-state index contributed by atoms with van der Waals surface area (Å²) in [4.78, 5) is 0. The topological polar surface area (TPSA) is 0 Å². The molecule has 270 valence electrons. The highest BCUT2D eigenvalue weighted by Gasteiger charge is 2.07. The maximum atomic E-state index is 14.4. The van der Waals surface area contributed by atoms with Gasteiger partial charge in [-0.15, -0.1) is 0 Å². The van der Waals surface area contributed by atoms with Gasteiger partial charge in [-0.05, 0) is 150 Å². The van der Waals surface area contributed by atoms with E-state index < -0.39 is 11.6 Å². The van der Waals surface area contributed by atoms with Gasteiger partial charge in [-0.25, -0.2) is 13.2 Å². The van der Waals surface area contributed by atoms with Gasteiger partial charge >= 0.3 is 0 Å². The smallest absolute Gasteiger partial charge is 0.142 e. The van der Waals surface area contributed by atoms with Crippen molar-refractivity contribution in [3.05, 3.63) is 210 Å². The van der Waals surface area contributed by atoms with Gasteiger partial charge in [-0.3, -0.25) is 0 Å². The molecule has 0 nitrogen and oxygen atoms in total. The Hall–Kier alpha value is -6.65. The van der Waals surface area contributed by atoms with Crippen LogP contribution >= 0.6 is 0 Å². The molecular formula is C52H41F3. The minimum atomic E-state index is -0.642. The van der Waals surface area contributed by atoms with Crippen LogP contribution in [0.15, 0.2) is 103 Å². The molecule has 0 aromatic heterocycles. The van der Waals surface area contributed by atoms with Crippen molar-refractivity contribution in [3.63, 3.8) is 0 Å². The van der Waals surface area contributed by atoms with Crippen molar-refractivity contribution in [2.75, 3.05) is 0 Å². The third kappa shape index (κ3) is 10.9.